The predicted octanol–water partition coefficient (Wildman–Crippen LogP) is 2.89. The van der Waals surface area contributed by atoms with Gasteiger partial charge in [-0.25, -0.2) is 4.52 Å². The van der Waals surface area contributed by atoms with Crippen LogP contribution in [-0.4, -0.2) is 9.61 Å². The highest BCUT2D eigenvalue weighted by atomic mass is 79.9. The largest absolute Gasteiger partial charge is 0.214 e. The van der Waals surface area contributed by atoms with Gasteiger partial charge in [-0.05, 0) is 28.1 Å². The van der Waals surface area contributed by atoms with Crippen LogP contribution in [0.2, 0.25) is 5.02 Å². The zero-order chi connectivity index (χ0) is 8.72. The molecule has 2 nitrogen and oxygen atoms in total. The Hall–Kier alpha value is -0.610. The lowest BCUT2D eigenvalue weighted by atomic mass is 10.4. The van der Waals surface area contributed by atoms with Crippen LogP contribution in [0, 0.1) is 5.95 Å². The monoisotopic (exact) mass is 248 g/mol. The minimum Gasteiger partial charge on any atom is -0.204 e. The molecule has 0 aliphatic heterocycles. The maximum absolute atomic E-state index is 13.0. The van der Waals surface area contributed by atoms with Gasteiger partial charge in [-0.2, -0.15) is 9.49 Å². The van der Waals surface area contributed by atoms with Gasteiger partial charge in [-0.1, -0.05) is 11.6 Å². The highest BCUT2D eigenvalue weighted by Crippen LogP contribution is 2.25. The average Bonchev–Trinajstić information content (AvgIpc) is 2.42. The van der Waals surface area contributed by atoms with E-state index in [1.807, 2.05) is 0 Å². The summed E-state index contributed by atoms with van der Waals surface area (Å²) in [6.07, 6.45) is 1.50. The Labute approximate surface area is 81.1 Å². The smallest absolute Gasteiger partial charge is 0.204 e. The Balaban J connectivity index is 2.98. The van der Waals surface area contributed by atoms with Crippen LogP contribution in [0.3, 0.4) is 0 Å². The van der Waals surface area contributed by atoms with Crippen LogP contribution >= 0.6 is 27.5 Å². The van der Waals surface area contributed by atoms with Crippen molar-refractivity contribution >= 4 is 33.0 Å². The fourth-order valence-electron chi connectivity index (χ4n) is 0.997. The van der Waals surface area contributed by atoms with Crippen LogP contribution in [0.4, 0.5) is 4.39 Å². The summed E-state index contributed by atoms with van der Waals surface area (Å²) in [4.78, 5) is 0. The topological polar surface area (TPSA) is 17.3 Å². The molecule has 0 aliphatic rings. The molecule has 0 saturated heterocycles. The summed E-state index contributed by atoms with van der Waals surface area (Å²) < 4.78 is 14.8. The van der Waals surface area contributed by atoms with Gasteiger partial charge in [0.25, 0.3) is 0 Å². The van der Waals surface area contributed by atoms with Crippen molar-refractivity contribution in [3.63, 3.8) is 0 Å². The number of rotatable bonds is 0. The Bertz CT molecular complexity index is 440. The van der Waals surface area contributed by atoms with Crippen LogP contribution in [-0.2, 0) is 0 Å². The van der Waals surface area contributed by atoms with Crippen molar-refractivity contribution in [2.75, 3.05) is 0 Å². The molecule has 0 radical (unpaired) electrons. The van der Waals surface area contributed by atoms with Gasteiger partial charge in [0.05, 0.1) is 15.7 Å². The molecular weight excluding hydrogens is 246 g/mol. The lowest BCUT2D eigenvalue weighted by molar-refractivity contribution is 0.545. The zero-order valence-electron chi connectivity index (χ0n) is 5.76. The maximum Gasteiger partial charge on any atom is 0.214 e. The van der Waals surface area contributed by atoms with Crippen LogP contribution in [0.15, 0.2) is 22.8 Å². The summed E-state index contributed by atoms with van der Waals surface area (Å²) in [6, 6.07) is 2.77. The molecule has 0 spiro atoms. The van der Waals surface area contributed by atoms with Crippen molar-refractivity contribution in [3.8, 4) is 0 Å². The molecular formula is C7H3BrClFN2. The molecule has 2 heterocycles. The van der Waals surface area contributed by atoms with E-state index in [-0.39, 0.29) is 0 Å². The van der Waals surface area contributed by atoms with E-state index in [1.54, 1.807) is 0 Å². The summed E-state index contributed by atoms with van der Waals surface area (Å²) in [7, 11) is 0. The lowest BCUT2D eigenvalue weighted by Gasteiger charge is -1.97. The molecule has 2 aromatic heterocycles. The van der Waals surface area contributed by atoms with Crippen molar-refractivity contribution in [2.24, 2.45) is 0 Å². The van der Waals surface area contributed by atoms with Gasteiger partial charge in [-0.3, -0.25) is 0 Å². The molecule has 0 bridgehead atoms. The summed E-state index contributed by atoms with van der Waals surface area (Å²) in [6.45, 7) is 0. The Morgan fingerprint density at radius 3 is 2.92 bits per heavy atom. The SMILES string of the molecule is Fc1ccc(Cl)c2c(Br)cnn12. The summed E-state index contributed by atoms with van der Waals surface area (Å²) >= 11 is 9.04. The Kier molecular flexibility index (Phi) is 1.81. The quantitative estimate of drug-likeness (QED) is 0.656. The van der Waals surface area contributed by atoms with Gasteiger partial charge in [0, 0.05) is 0 Å². The minimum atomic E-state index is -0.430. The van der Waals surface area contributed by atoms with Crippen molar-refractivity contribution in [1.29, 1.82) is 0 Å². The third-order valence-corrected chi connectivity index (χ3v) is 2.41. The molecule has 0 fully saturated rings. The second kappa shape index (κ2) is 2.71. The first-order valence-corrected chi connectivity index (χ1v) is 4.34. The fourth-order valence-corrected chi connectivity index (χ4v) is 1.83. The highest BCUT2D eigenvalue weighted by Gasteiger charge is 2.08. The molecule has 0 atom stereocenters. The van der Waals surface area contributed by atoms with E-state index in [0.29, 0.717) is 15.0 Å². The molecule has 62 valence electrons. The van der Waals surface area contributed by atoms with Crippen LogP contribution in [0.5, 0.6) is 0 Å². The van der Waals surface area contributed by atoms with Gasteiger partial charge in [0.1, 0.15) is 5.52 Å². The van der Waals surface area contributed by atoms with Gasteiger partial charge in [0.2, 0.25) is 5.95 Å². The number of fused-ring (bicyclic) bond motifs is 1. The maximum atomic E-state index is 13.0. The van der Waals surface area contributed by atoms with E-state index < -0.39 is 5.95 Å². The Morgan fingerprint density at radius 1 is 1.50 bits per heavy atom. The number of aromatic nitrogens is 2. The van der Waals surface area contributed by atoms with E-state index in [2.05, 4.69) is 21.0 Å². The van der Waals surface area contributed by atoms with Gasteiger partial charge >= 0.3 is 0 Å². The van der Waals surface area contributed by atoms with E-state index in [0.717, 1.165) is 4.52 Å². The molecule has 0 N–H and O–H groups in total. The van der Waals surface area contributed by atoms with E-state index in [4.69, 9.17) is 11.6 Å². The van der Waals surface area contributed by atoms with Gasteiger partial charge < -0.3 is 0 Å². The van der Waals surface area contributed by atoms with Crippen LogP contribution in [0.25, 0.3) is 5.52 Å². The molecule has 0 aromatic carbocycles. The van der Waals surface area contributed by atoms with E-state index >= 15 is 0 Å². The third-order valence-electron chi connectivity index (χ3n) is 1.52. The number of nitrogens with zero attached hydrogens (tertiary/aromatic N) is 2. The molecule has 0 saturated carbocycles. The minimum absolute atomic E-state index is 0.430. The molecule has 0 amide bonds. The first-order valence-electron chi connectivity index (χ1n) is 3.17. The summed E-state index contributed by atoms with van der Waals surface area (Å²) in [5.74, 6) is -0.430. The second-order valence-corrected chi connectivity index (χ2v) is 3.52. The first kappa shape index (κ1) is 8.01. The molecule has 0 unspecified atom stereocenters. The molecule has 2 rings (SSSR count). The normalized spacial score (nSPS) is 10.9. The van der Waals surface area contributed by atoms with Crippen LogP contribution in [0.1, 0.15) is 0 Å². The average molecular weight is 249 g/mol. The highest BCUT2D eigenvalue weighted by molar-refractivity contribution is 9.10. The third kappa shape index (κ3) is 1.03. The second-order valence-electron chi connectivity index (χ2n) is 2.26. The fraction of sp³-hybridized carbons (Fsp3) is 0. The van der Waals surface area contributed by atoms with E-state index in [9.17, 15) is 4.39 Å². The molecule has 2 aromatic rings. The van der Waals surface area contributed by atoms with E-state index in [1.165, 1.54) is 18.3 Å². The summed E-state index contributed by atoms with van der Waals surface area (Å²) in [5.41, 5.74) is 0.552. The number of halogens is 3. The molecule has 5 heteroatoms. The number of hydrogen-bond acceptors (Lipinski definition) is 1. The Morgan fingerprint density at radius 2 is 2.25 bits per heavy atom. The molecule has 0 aliphatic carbocycles. The zero-order valence-corrected chi connectivity index (χ0v) is 8.10. The van der Waals surface area contributed by atoms with Crippen molar-refractivity contribution < 1.29 is 4.39 Å². The standard InChI is InChI=1S/C7H3BrClFN2/c8-4-3-11-12-6(10)2-1-5(9)7(4)12/h1-3H. The van der Waals surface area contributed by atoms with Crippen LogP contribution < -0.4 is 0 Å². The van der Waals surface area contributed by atoms with Crippen molar-refractivity contribution in [3.05, 3.63) is 33.8 Å². The van der Waals surface area contributed by atoms with Crippen molar-refractivity contribution in [1.82, 2.24) is 9.61 Å². The van der Waals surface area contributed by atoms with Gasteiger partial charge in [-0.15, -0.1) is 0 Å². The molecule has 12 heavy (non-hydrogen) atoms. The number of hydrogen-bond donors (Lipinski definition) is 0. The first-order chi connectivity index (χ1) is 5.70. The predicted molar refractivity (Wildman–Crippen MR) is 47.9 cm³/mol. The lowest BCUT2D eigenvalue weighted by Crippen LogP contribution is -1.93. The number of pyridine rings is 1. The van der Waals surface area contributed by atoms with Crippen molar-refractivity contribution in [2.45, 2.75) is 0 Å². The summed E-state index contributed by atoms with van der Waals surface area (Å²) in [5, 5.41) is 4.26. The van der Waals surface area contributed by atoms with Gasteiger partial charge in [0.15, 0.2) is 0 Å².